The van der Waals surface area contributed by atoms with Gasteiger partial charge in [-0.2, -0.15) is 0 Å². The van der Waals surface area contributed by atoms with Gasteiger partial charge in [0.05, 0.1) is 11.1 Å². The Kier molecular flexibility index (Phi) is 2.86. The Morgan fingerprint density at radius 3 is 2.35 bits per heavy atom. The summed E-state index contributed by atoms with van der Waals surface area (Å²) in [4.78, 5) is 25.4. The number of rotatable bonds is 1. The third kappa shape index (κ3) is 2.14. The highest BCUT2D eigenvalue weighted by Gasteiger charge is 2.45. The topological polar surface area (TPSA) is 37.4 Å². The molecule has 2 rings (SSSR count). The molecule has 4 heteroatoms. The zero-order chi connectivity index (χ0) is 12.8. The summed E-state index contributed by atoms with van der Waals surface area (Å²) in [6.07, 6.45) is 0.275. The molecular formula is C13H14BrNO2. The molecule has 90 valence electrons. The SMILES string of the molecule is Cc1cc(Br)cc(N2C(=O)CC(C)(C)C2=O)c1. The van der Waals surface area contributed by atoms with Crippen LogP contribution in [0.25, 0.3) is 0 Å². The van der Waals surface area contributed by atoms with E-state index in [9.17, 15) is 9.59 Å². The zero-order valence-corrected chi connectivity index (χ0v) is 11.7. The second kappa shape index (κ2) is 3.95. The molecule has 1 aromatic carbocycles. The Morgan fingerprint density at radius 1 is 1.24 bits per heavy atom. The summed E-state index contributed by atoms with van der Waals surface area (Å²) in [6, 6.07) is 5.59. The van der Waals surface area contributed by atoms with Crippen LogP contribution in [0, 0.1) is 12.3 Å². The van der Waals surface area contributed by atoms with Gasteiger partial charge in [0, 0.05) is 10.9 Å². The molecule has 1 fully saturated rings. The summed E-state index contributed by atoms with van der Waals surface area (Å²) in [5.74, 6) is -0.252. The molecule has 1 aromatic rings. The Labute approximate surface area is 109 Å². The van der Waals surface area contributed by atoms with Gasteiger partial charge in [-0.25, -0.2) is 0 Å². The number of benzene rings is 1. The average Bonchev–Trinajstić information content (AvgIpc) is 2.34. The minimum Gasteiger partial charge on any atom is -0.274 e. The summed E-state index contributed by atoms with van der Waals surface area (Å²) in [7, 11) is 0. The van der Waals surface area contributed by atoms with Crippen molar-refractivity contribution >= 4 is 33.4 Å². The number of hydrogen-bond acceptors (Lipinski definition) is 2. The number of carbonyl (C=O) groups is 2. The molecule has 0 bridgehead atoms. The normalized spacial score (nSPS) is 18.9. The summed E-state index contributed by atoms with van der Waals surface area (Å²) in [6.45, 7) is 5.54. The number of hydrogen-bond donors (Lipinski definition) is 0. The number of imide groups is 1. The quantitative estimate of drug-likeness (QED) is 0.747. The fourth-order valence-corrected chi connectivity index (χ4v) is 2.65. The van der Waals surface area contributed by atoms with Crippen molar-refractivity contribution in [3.63, 3.8) is 0 Å². The van der Waals surface area contributed by atoms with Gasteiger partial charge in [-0.1, -0.05) is 29.8 Å². The molecule has 1 saturated heterocycles. The lowest BCUT2D eigenvalue weighted by molar-refractivity contribution is -0.124. The molecule has 0 aromatic heterocycles. The van der Waals surface area contributed by atoms with Gasteiger partial charge in [-0.3, -0.25) is 14.5 Å². The van der Waals surface area contributed by atoms with Crippen LogP contribution >= 0.6 is 15.9 Å². The monoisotopic (exact) mass is 295 g/mol. The Morgan fingerprint density at radius 2 is 1.88 bits per heavy atom. The van der Waals surface area contributed by atoms with Crippen molar-refractivity contribution in [3.05, 3.63) is 28.2 Å². The second-order valence-electron chi connectivity index (χ2n) is 5.08. The van der Waals surface area contributed by atoms with E-state index in [4.69, 9.17) is 0 Å². The van der Waals surface area contributed by atoms with E-state index in [-0.39, 0.29) is 18.2 Å². The summed E-state index contributed by atoms with van der Waals surface area (Å²) < 4.78 is 0.873. The van der Waals surface area contributed by atoms with Gasteiger partial charge >= 0.3 is 0 Å². The van der Waals surface area contributed by atoms with Crippen LogP contribution in [0.1, 0.15) is 25.8 Å². The van der Waals surface area contributed by atoms with Gasteiger partial charge in [-0.15, -0.1) is 0 Å². The molecule has 0 spiro atoms. The summed E-state index contributed by atoms with van der Waals surface area (Å²) in [5.41, 5.74) is 1.07. The third-order valence-corrected chi connectivity index (χ3v) is 3.37. The summed E-state index contributed by atoms with van der Waals surface area (Å²) in [5, 5.41) is 0. The van der Waals surface area contributed by atoms with Crippen molar-refractivity contribution in [2.45, 2.75) is 27.2 Å². The van der Waals surface area contributed by atoms with E-state index in [1.807, 2.05) is 19.1 Å². The lowest BCUT2D eigenvalue weighted by Gasteiger charge is -2.18. The first-order valence-electron chi connectivity index (χ1n) is 5.46. The molecule has 0 atom stereocenters. The van der Waals surface area contributed by atoms with E-state index in [1.165, 1.54) is 4.90 Å². The molecule has 1 aliphatic rings. The van der Waals surface area contributed by atoms with E-state index < -0.39 is 5.41 Å². The molecule has 3 nitrogen and oxygen atoms in total. The zero-order valence-electron chi connectivity index (χ0n) is 10.1. The molecular weight excluding hydrogens is 282 g/mol. The van der Waals surface area contributed by atoms with Crippen LogP contribution in [0.2, 0.25) is 0 Å². The van der Waals surface area contributed by atoms with E-state index in [2.05, 4.69) is 15.9 Å². The maximum absolute atomic E-state index is 12.2. The second-order valence-corrected chi connectivity index (χ2v) is 6.00. The fourth-order valence-electron chi connectivity index (χ4n) is 2.06. The minimum atomic E-state index is -0.590. The maximum Gasteiger partial charge on any atom is 0.239 e. The van der Waals surface area contributed by atoms with Crippen LogP contribution in [0.5, 0.6) is 0 Å². The largest absolute Gasteiger partial charge is 0.274 e. The Bertz CT molecular complexity index is 488. The lowest BCUT2D eigenvalue weighted by atomic mass is 9.92. The van der Waals surface area contributed by atoms with Gasteiger partial charge in [-0.05, 0) is 30.7 Å². The molecule has 0 N–H and O–H groups in total. The highest BCUT2D eigenvalue weighted by Crippen LogP contribution is 2.36. The maximum atomic E-state index is 12.2. The van der Waals surface area contributed by atoms with Crippen LogP contribution in [0.4, 0.5) is 5.69 Å². The Hall–Kier alpha value is -1.16. The first-order chi connectivity index (χ1) is 7.81. The molecule has 17 heavy (non-hydrogen) atoms. The number of carbonyl (C=O) groups excluding carboxylic acids is 2. The summed E-state index contributed by atoms with van der Waals surface area (Å²) >= 11 is 3.38. The highest BCUT2D eigenvalue weighted by atomic mass is 79.9. The number of amides is 2. The molecule has 0 radical (unpaired) electrons. The van der Waals surface area contributed by atoms with Crippen LogP contribution in [-0.4, -0.2) is 11.8 Å². The fraction of sp³-hybridized carbons (Fsp3) is 0.385. The molecule has 0 saturated carbocycles. The van der Waals surface area contributed by atoms with Crippen LogP contribution in [0.15, 0.2) is 22.7 Å². The predicted octanol–water partition coefficient (Wildman–Crippen LogP) is 3.05. The first kappa shape index (κ1) is 12.3. The number of nitrogens with zero attached hydrogens (tertiary/aromatic N) is 1. The lowest BCUT2D eigenvalue weighted by Crippen LogP contribution is -2.33. The minimum absolute atomic E-state index is 0.125. The van der Waals surface area contributed by atoms with Crippen LogP contribution < -0.4 is 4.90 Å². The number of halogens is 1. The third-order valence-electron chi connectivity index (χ3n) is 2.91. The molecule has 0 unspecified atom stereocenters. The van der Waals surface area contributed by atoms with Gasteiger partial charge in [0.2, 0.25) is 11.8 Å². The highest BCUT2D eigenvalue weighted by molar-refractivity contribution is 9.10. The van der Waals surface area contributed by atoms with E-state index in [0.717, 1.165) is 10.0 Å². The number of anilines is 1. The Balaban J connectivity index is 2.47. The first-order valence-corrected chi connectivity index (χ1v) is 6.25. The van der Waals surface area contributed by atoms with Crippen molar-refractivity contribution in [1.29, 1.82) is 0 Å². The van der Waals surface area contributed by atoms with E-state index in [1.54, 1.807) is 19.9 Å². The van der Waals surface area contributed by atoms with Crippen LogP contribution in [-0.2, 0) is 9.59 Å². The molecule has 1 aliphatic heterocycles. The smallest absolute Gasteiger partial charge is 0.239 e. The molecule has 1 heterocycles. The van der Waals surface area contributed by atoms with Gasteiger partial charge in [0.1, 0.15) is 0 Å². The van der Waals surface area contributed by atoms with E-state index >= 15 is 0 Å². The van der Waals surface area contributed by atoms with Crippen molar-refractivity contribution in [1.82, 2.24) is 0 Å². The molecule has 0 aliphatic carbocycles. The van der Waals surface area contributed by atoms with Gasteiger partial charge < -0.3 is 0 Å². The van der Waals surface area contributed by atoms with E-state index in [0.29, 0.717) is 5.69 Å². The molecule has 2 amide bonds. The van der Waals surface area contributed by atoms with Gasteiger partial charge in [0.25, 0.3) is 0 Å². The van der Waals surface area contributed by atoms with Crippen molar-refractivity contribution in [2.75, 3.05) is 4.90 Å². The van der Waals surface area contributed by atoms with Crippen LogP contribution in [0.3, 0.4) is 0 Å². The van der Waals surface area contributed by atoms with Gasteiger partial charge in [0.15, 0.2) is 0 Å². The van der Waals surface area contributed by atoms with Crippen molar-refractivity contribution in [2.24, 2.45) is 5.41 Å². The standard InChI is InChI=1S/C13H14BrNO2/c1-8-4-9(14)6-10(5-8)15-11(16)7-13(2,3)12(15)17/h4-6H,7H2,1-3H3. The average molecular weight is 296 g/mol. The van der Waals surface area contributed by atoms with Crippen molar-refractivity contribution < 1.29 is 9.59 Å². The number of aryl methyl sites for hydroxylation is 1. The van der Waals surface area contributed by atoms with Crippen molar-refractivity contribution in [3.8, 4) is 0 Å². The predicted molar refractivity (Wildman–Crippen MR) is 69.8 cm³/mol.